The minimum Gasteiger partial charge on any atom is -0.409 e. The summed E-state index contributed by atoms with van der Waals surface area (Å²) in [6.45, 7) is -0.448. The second kappa shape index (κ2) is 5.01. The number of aliphatic hydroxyl groups excluding tert-OH is 3. The van der Waals surface area contributed by atoms with Crippen molar-refractivity contribution >= 4 is 11.7 Å². The molecule has 1 aliphatic heterocycles. The van der Waals surface area contributed by atoms with Gasteiger partial charge in [0.2, 0.25) is 0 Å². The van der Waals surface area contributed by atoms with Crippen molar-refractivity contribution in [3.05, 3.63) is 12.0 Å². The fourth-order valence-electron chi connectivity index (χ4n) is 1.93. The molecule has 0 aliphatic carbocycles. The summed E-state index contributed by atoms with van der Waals surface area (Å²) in [7, 11) is 0. The van der Waals surface area contributed by atoms with Crippen LogP contribution in [0.5, 0.6) is 0 Å². The van der Waals surface area contributed by atoms with Gasteiger partial charge in [-0.2, -0.15) is 0 Å². The third kappa shape index (κ3) is 2.10. The van der Waals surface area contributed by atoms with E-state index in [2.05, 4.69) is 10.1 Å². The molecule has 0 bridgehead atoms. The van der Waals surface area contributed by atoms with E-state index in [0.29, 0.717) is 0 Å². The van der Waals surface area contributed by atoms with Crippen molar-refractivity contribution < 1.29 is 25.3 Å². The second-order valence-corrected chi connectivity index (χ2v) is 4.10. The van der Waals surface area contributed by atoms with Crippen molar-refractivity contribution in [2.75, 3.05) is 12.3 Å². The predicted octanol–water partition coefficient (Wildman–Crippen LogP) is -2.83. The monoisotopic (exact) mass is 273 g/mol. The van der Waals surface area contributed by atoms with Crippen LogP contribution in [0.4, 0.5) is 5.82 Å². The van der Waals surface area contributed by atoms with Gasteiger partial charge >= 0.3 is 0 Å². The molecule has 106 valence electrons. The summed E-state index contributed by atoms with van der Waals surface area (Å²) in [5, 5.41) is 39.8. The molecule has 10 heteroatoms. The van der Waals surface area contributed by atoms with Crippen molar-refractivity contribution in [3.8, 4) is 0 Å². The topological polar surface area (TPSA) is 172 Å². The highest BCUT2D eigenvalue weighted by molar-refractivity contribution is 5.99. The summed E-state index contributed by atoms with van der Waals surface area (Å²) < 4.78 is 6.51. The fraction of sp³-hybridized carbons (Fsp3) is 0.556. The summed E-state index contributed by atoms with van der Waals surface area (Å²) in [5.74, 6) is -0.284. The fourth-order valence-corrected chi connectivity index (χ4v) is 1.93. The van der Waals surface area contributed by atoms with E-state index in [4.69, 9.17) is 26.5 Å². The number of hydrogen-bond donors (Lipinski definition) is 6. The molecule has 1 fully saturated rings. The van der Waals surface area contributed by atoms with E-state index in [1.54, 1.807) is 0 Å². The molecule has 2 heterocycles. The molecule has 1 aliphatic rings. The molecule has 0 amide bonds. The zero-order chi connectivity index (χ0) is 14.2. The molecule has 10 nitrogen and oxygen atoms in total. The van der Waals surface area contributed by atoms with E-state index in [1.165, 1.54) is 10.9 Å². The Kier molecular flexibility index (Phi) is 3.57. The molecule has 1 saturated heterocycles. The number of aromatic nitrogens is 2. The molecule has 2 rings (SSSR count). The number of anilines is 1. The van der Waals surface area contributed by atoms with Gasteiger partial charge in [0.15, 0.2) is 17.8 Å². The minimum absolute atomic E-state index is 0.00476. The van der Waals surface area contributed by atoms with E-state index >= 15 is 0 Å². The van der Waals surface area contributed by atoms with E-state index in [0.717, 1.165) is 0 Å². The number of nitrogens with two attached hydrogens (primary N) is 2. The van der Waals surface area contributed by atoms with Gasteiger partial charge in [0.1, 0.15) is 24.1 Å². The average molecular weight is 273 g/mol. The number of hydrogen-bond acceptors (Lipinski definition) is 8. The van der Waals surface area contributed by atoms with Crippen LogP contribution < -0.4 is 11.5 Å². The van der Waals surface area contributed by atoms with Crippen LogP contribution in [0.1, 0.15) is 11.9 Å². The van der Waals surface area contributed by atoms with Crippen LogP contribution in [0.15, 0.2) is 11.5 Å². The first kappa shape index (κ1) is 13.5. The number of rotatable bonds is 3. The van der Waals surface area contributed by atoms with Gasteiger partial charge in [-0.3, -0.25) is 4.57 Å². The molecule has 0 saturated carbocycles. The SMILES string of the molecule is N/C(=N\O)c1ncn([C@@H]2O[C@H](CO)[C@@H](O)[C@H]2O)c1N. The lowest BCUT2D eigenvalue weighted by atomic mass is 10.1. The van der Waals surface area contributed by atoms with Crippen molar-refractivity contribution in [1.82, 2.24) is 9.55 Å². The highest BCUT2D eigenvalue weighted by Gasteiger charge is 2.44. The Bertz CT molecular complexity index is 489. The maximum Gasteiger partial charge on any atom is 0.192 e. The largest absolute Gasteiger partial charge is 0.409 e. The van der Waals surface area contributed by atoms with Gasteiger partial charge in [-0.05, 0) is 0 Å². The van der Waals surface area contributed by atoms with Gasteiger partial charge < -0.3 is 36.7 Å². The maximum absolute atomic E-state index is 9.84. The van der Waals surface area contributed by atoms with Gasteiger partial charge in [-0.25, -0.2) is 4.98 Å². The molecular weight excluding hydrogens is 258 g/mol. The maximum atomic E-state index is 9.84. The first-order valence-electron chi connectivity index (χ1n) is 5.44. The number of oxime groups is 1. The quantitative estimate of drug-likeness (QED) is 0.148. The molecule has 8 N–H and O–H groups in total. The van der Waals surface area contributed by atoms with E-state index in [1.807, 2.05) is 0 Å². The van der Waals surface area contributed by atoms with Crippen LogP contribution >= 0.6 is 0 Å². The lowest BCUT2D eigenvalue weighted by molar-refractivity contribution is -0.0518. The lowest BCUT2D eigenvalue weighted by Gasteiger charge is -2.17. The summed E-state index contributed by atoms with van der Waals surface area (Å²) in [6.07, 6.45) is -3.24. The number of ether oxygens (including phenoxy) is 1. The number of nitrogen functional groups attached to an aromatic ring is 1. The van der Waals surface area contributed by atoms with Crippen molar-refractivity contribution in [1.29, 1.82) is 0 Å². The van der Waals surface area contributed by atoms with Gasteiger partial charge in [0, 0.05) is 0 Å². The molecule has 0 aromatic carbocycles. The molecule has 1 aromatic rings. The summed E-state index contributed by atoms with van der Waals surface area (Å²) in [5.41, 5.74) is 11.1. The molecule has 0 unspecified atom stereocenters. The smallest absolute Gasteiger partial charge is 0.192 e. The number of imidazole rings is 1. The summed E-state index contributed by atoms with van der Waals surface area (Å²) in [4.78, 5) is 3.83. The Hall–Kier alpha value is -1.88. The number of amidine groups is 1. The van der Waals surface area contributed by atoms with Crippen LogP contribution in [0.2, 0.25) is 0 Å². The third-order valence-corrected chi connectivity index (χ3v) is 2.97. The van der Waals surface area contributed by atoms with Crippen molar-refractivity contribution in [2.45, 2.75) is 24.5 Å². The average Bonchev–Trinajstić information content (AvgIpc) is 2.91. The van der Waals surface area contributed by atoms with Gasteiger partial charge in [0.05, 0.1) is 12.9 Å². The number of nitrogens with zero attached hydrogens (tertiary/aromatic N) is 3. The van der Waals surface area contributed by atoms with E-state index in [9.17, 15) is 10.2 Å². The van der Waals surface area contributed by atoms with Crippen LogP contribution in [-0.4, -0.2) is 60.8 Å². The zero-order valence-corrected chi connectivity index (χ0v) is 9.79. The Morgan fingerprint density at radius 3 is 2.68 bits per heavy atom. The Morgan fingerprint density at radius 2 is 2.16 bits per heavy atom. The summed E-state index contributed by atoms with van der Waals surface area (Å²) >= 11 is 0. The van der Waals surface area contributed by atoms with Crippen LogP contribution in [-0.2, 0) is 4.74 Å². The standard InChI is InChI=1S/C9H15N5O5/c10-7(13-18)4-8(11)14(2-12-4)9-6(17)5(16)3(1-15)19-9/h2-3,5-6,9,15-18H,1,11H2,(H2,10,13)/t3-,5-,6-,9-/m1/s1. The Morgan fingerprint density at radius 1 is 1.47 bits per heavy atom. The van der Waals surface area contributed by atoms with Gasteiger partial charge in [-0.15, -0.1) is 0 Å². The third-order valence-electron chi connectivity index (χ3n) is 2.97. The molecule has 4 atom stereocenters. The number of aliphatic hydroxyl groups is 3. The molecule has 0 spiro atoms. The second-order valence-electron chi connectivity index (χ2n) is 4.10. The minimum atomic E-state index is -1.28. The molecule has 1 aromatic heterocycles. The van der Waals surface area contributed by atoms with Crippen LogP contribution in [0, 0.1) is 0 Å². The van der Waals surface area contributed by atoms with Gasteiger partial charge in [-0.1, -0.05) is 5.16 Å². The highest BCUT2D eigenvalue weighted by Crippen LogP contribution is 2.31. The van der Waals surface area contributed by atoms with Crippen LogP contribution in [0.3, 0.4) is 0 Å². The summed E-state index contributed by atoms with van der Waals surface area (Å²) in [6, 6.07) is 0. The zero-order valence-electron chi connectivity index (χ0n) is 9.79. The van der Waals surface area contributed by atoms with E-state index in [-0.39, 0.29) is 17.3 Å². The van der Waals surface area contributed by atoms with E-state index < -0.39 is 31.1 Å². The molecular formula is C9H15N5O5. The van der Waals surface area contributed by atoms with Crippen molar-refractivity contribution in [3.63, 3.8) is 0 Å². The first-order chi connectivity index (χ1) is 9.01. The van der Waals surface area contributed by atoms with Crippen LogP contribution in [0.25, 0.3) is 0 Å². The Balaban J connectivity index is 2.31. The normalized spacial score (nSPS) is 31.8. The van der Waals surface area contributed by atoms with Gasteiger partial charge in [0.25, 0.3) is 0 Å². The lowest BCUT2D eigenvalue weighted by Crippen LogP contribution is -2.33. The molecule has 19 heavy (non-hydrogen) atoms. The molecule has 0 radical (unpaired) electrons. The van der Waals surface area contributed by atoms with Crippen molar-refractivity contribution in [2.24, 2.45) is 10.9 Å². The predicted molar refractivity (Wildman–Crippen MR) is 62.2 cm³/mol. The highest BCUT2D eigenvalue weighted by atomic mass is 16.6. The first-order valence-corrected chi connectivity index (χ1v) is 5.44. The Labute approximate surface area is 107 Å².